The highest BCUT2D eigenvalue weighted by molar-refractivity contribution is 5.71. The van der Waals surface area contributed by atoms with E-state index in [9.17, 15) is 4.79 Å². The number of benzene rings is 2. The van der Waals surface area contributed by atoms with Crippen LogP contribution in [-0.4, -0.2) is 35.8 Å². The van der Waals surface area contributed by atoms with E-state index in [4.69, 9.17) is 4.74 Å². The van der Waals surface area contributed by atoms with Gasteiger partial charge in [0.2, 0.25) is 0 Å². The Morgan fingerprint density at radius 2 is 1.79 bits per heavy atom. The van der Waals surface area contributed by atoms with Crippen molar-refractivity contribution >= 4 is 5.52 Å². The monoisotopic (exact) mass is 454 g/mol. The molecule has 0 saturated carbocycles. The van der Waals surface area contributed by atoms with Gasteiger partial charge in [-0.15, -0.1) is 5.10 Å². The Balaban J connectivity index is 1.39. The average Bonchev–Trinajstić information content (AvgIpc) is 3.49. The predicted molar refractivity (Wildman–Crippen MR) is 130 cm³/mol. The molecule has 8 heteroatoms. The van der Waals surface area contributed by atoms with Gasteiger partial charge in [0, 0.05) is 18.0 Å². The fourth-order valence-electron chi connectivity index (χ4n) is 3.85. The molecule has 172 valence electrons. The van der Waals surface area contributed by atoms with Crippen LogP contribution in [0.4, 0.5) is 0 Å². The second-order valence-corrected chi connectivity index (χ2v) is 8.18. The standard InChI is InChI=1S/C26H26N6O2/c1-2-3-15-34-25-12-8-7-11-22(25)23-16-24-26(33)30(13-14-32(24)28-23)18-21-19-31(29-27-21)17-20-9-5-4-6-10-20/h4-14,16,19H,2-3,15,17-18H2,1H3. The van der Waals surface area contributed by atoms with Crippen molar-refractivity contribution in [3.05, 3.63) is 101 Å². The Morgan fingerprint density at radius 1 is 0.971 bits per heavy atom. The molecule has 5 rings (SSSR count). The van der Waals surface area contributed by atoms with Crippen LogP contribution in [-0.2, 0) is 13.1 Å². The minimum atomic E-state index is -0.136. The Morgan fingerprint density at radius 3 is 2.65 bits per heavy atom. The molecule has 0 amide bonds. The lowest BCUT2D eigenvalue weighted by Crippen LogP contribution is -2.21. The van der Waals surface area contributed by atoms with E-state index in [1.807, 2.05) is 66.9 Å². The molecule has 0 N–H and O–H groups in total. The lowest BCUT2D eigenvalue weighted by molar-refractivity contribution is 0.310. The average molecular weight is 455 g/mol. The lowest BCUT2D eigenvalue weighted by Gasteiger charge is -2.09. The van der Waals surface area contributed by atoms with E-state index in [0.29, 0.717) is 30.9 Å². The maximum atomic E-state index is 13.2. The number of hydrogen-bond donors (Lipinski definition) is 0. The van der Waals surface area contributed by atoms with E-state index in [0.717, 1.165) is 35.4 Å². The van der Waals surface area contributed by atoms with Crippen LogP contribution in [0, 0.1) is 0 Å². The summed E-state index contributed by atoms with van der Waals surface area (Å²) < 4.78 is 11.0. The molecule has 5 aromatic rings. The molecule has 0 unspecified atom stereocenters. The van der Waals surface area contributed by atoms with E-state index in [1.54, 1.807) is 26.2 Å². The number of unbranched alkanes of at least 4 members (excludes halogenated alkanes) is 1. The van der Waals surface area contributed by atoms with Crippen molar-refractivity contribution in [1.29, 1.82) is 0 Å². The van der Waals surface area contributed by atoms with Gasteiger partial charge in [-0.1, -0.05) is 61.0 Å². The molecule has 3 aromatic heterocycles. The first-order valence-corrected chi connectivity index (χ1v) is 11.5. The minimum absolute atomic E-state index is 0.136. The molecule has 0 aliphatic carbocycles. The zero-order chi connectivity index (χ0) is 23.3. The summed E-state index contributed by atoms with van der Waals surface area (Å²) in [4.78, 5) is 13.2. The van der Waals surface area contributed by atoms with Crippen LogP contribution in [0.1, 0.15) is 31.0 Å². The molecule has 0 spiro atoms. The molecule has 0 aliphatic rings. The second-order valence-electron chi connectivity index (χ2n) is 8.18. The molecule has 0 atom stereocenters. The van der Waals surface area contributed by atoms with Crippen molar-refractivity contribution in [2.24, 2.45) is 0 Å². The van der Waals surface area contributed by atoms with Crippen LogP contribution in [0.25, 0.3) is 16.8 Å². The van der Waals surface area contributed by atoms with Crippen molar-refractivity contribution in [3.8, 4) is 17.0 Å². The molecular formula is C26H26N6O2. The molecule has 8 nitrogen and oxygen atoms in total. The first-order chi connectivity index (χ1) is 16.7. The summed E-state index contributed by atoms with van der Waals surface area (Å²) in [5, 5.41) is 13.1. The molecule has 34 heavy (non-hydrogen) atoms. The van der Waals surface area contributed by atoms with Gasteiger partial charge in [0.15, 0.2) is 0 Å². The Hall–Kier alpha value is -4.20. The highest BCUT2D eigenvalue weighted by Gasteiger charge is 2.14. The molecule has 0 aliphatic heterocycles. The summed E-state index contributed by atoms with van der Waals surface area (Å²) in [6, 6.07) is 19.7. The van der Waals surface area contributed by atoms with Gasteiger partial charge < -0.3 is 9.30 Å². The van der Waals surface area contributed by atoms with Crippen molar-refractivity contribution in [1.82, 2.24) is 29.2 Å². The third kappa shape index (κ3) is 4.61. The summed E-state index contributed by atoms with van der Waals surface area (Å²) >= 11 is 0. The molecule has 0 bridgehead atoms. The summed E-state index contributed by atoms with van der Waals surface area (Å²) in [5.41, 5.74) is 3.80. The molecule has 2 aromatic carbocycles. The van der Waals surface area contributed by atoms with Crippen molar-refractivity contribution in [2.75, 3.05) is 6.61 Å². The van der Waals surface area contributed by atoms with Gasteiger partial charge in [0.25, 0.3) is 5.56 Å². The number of nitrogens with zero attached hydrogens (tertiary/aromatic N) is 6. The van der Waals surface area contributed by atoms with Crippen LogP contribution >= 0.6 is 0 Å². The molecule has 0 fully saturated rings. The van der Waals surface area contributed by atoms with E-state index < -0.39 is 0 Å². The third-order valence-electron chi connectivity index (χ3n) is 5.63. The number of para-hydroxylation sites is 1. The Kier molecular flexibility index (Phi) is 6.20. The first-order valence-electron chi connectivity index (χ1n) is 11.5. The summed E-state index contributed by atoms with van der Waals surface area (Å²) in [7, 11) is 0. The number of hydrogen-bond acceptors (Lipinski definition) is 5. The quantitative estimate of drug-likeness (QED) is 0.314. The molecule has 0 radical (unpaired) electrons. The SMILES string of the molecule is CCCCOc1ccccc1-c1cc2c(=O)n(Cc3cn(Cc4ccccc4)nn3)ccn2n1. The maximum Gasteiger partial charge on any atom is 0.276 e. The fraction of sp³-hybridized carbons (Fsp3) is 0.231. The minimum Gasteiger partial charge on any atom is -0.493 e. The maximum absolute atomic E-state index is 13.2. The second kappa shape index (κ2) is 9.74. The van der Waals surface area contributed by atoms with Gasteiger partial charge in [-0.05, 0) is 30.2 Å². The fourth-order valence-corrected chi connectivity index (χ4v) is 3.85. The first kappa shape index (κ1) is 21.6. The highest BCUT2D eigenvalue weighted by Crippen LogP contribution is 2.29. The summed E-state index contributed by atoms with van der Waals surface area (Å²) in [6.07, 6.45) is 7.44. The number of rotatable bonds is 9. The Bertz CT molecular complexity index is 1450. The van der Waals surface area contributed by atoms with Crippen LogP contribution in [0.5, 0.6) is 5.75 Å². The van der Waals surface area contributed by atoms with Crippen LogP contribution in [0.3, 0.4) is 0 Å². The van der Waals surface area contributed by atoms with Gasteiger partial charge in [-0.3, -0.25) is 4.79 Å². The van der Waals surface area contributed by atoms with E-state index in [2.05, 4.69) is 22.3 Å². The van der Waals surface area contributed by atoms with Gasteiger partial charge in [0.1, 0.15) is 17.0 Å². The largest absolute Gasteiger partial charge is 0.493 e. The smallest absolute Gasteiger partial charge is 0.276 e. The molecular weight excluding hydrogens is 428 g/mol. The lowest BCUT2D eigenvalue weighted by atomic mass is 10.1. The summed E-state index contributed by atoms with van der Waals surface area (Å²) in [6.45, 7) is 3.75. The van der Waals surface area contributed by atoms with Gasteiger partial charge in [0.05, 0.1) is 31.6 Å². The molecule has 3 heterocycles. The predicted octanol–water partition coefficient (Wildman–Crippen LogP) is 4.03. The normalized spacial score (nSPS) is 11.2. The zero-order valence-corrected chi connectivity index (χ0v) is 19.0. The molecule has 0 saturated heterocycles. The van der Waals surface area contributed by atoms with Gasteiger partial charge in [-0.25, -0.2) is 9.20 Å². The van der Waals surface area contributed by atoms with Crippen LogP contribution < -0.4 is 10.3 Å². The number of ether oxygens (including phenoxy) is 1. The van der Waals surface area contributed by atoms with Crippen molar-refractivity contribution in [3.63, 3.8) is 0 Å². The van der Waals surface area contributed by atoms with Gasteiger partial charge in [-0.2, -0.15) is 5.10 Å². The van der Waals surface area contributed by atoms with E-state index in [1.165, 1.54) is 0 Å². The van der Waals surface area contributed by atoms with Crippen LogP contribution in [0.2, 0.25) is 0 Å². The van der Waals surface area contributed by atoms with Gasteiger partial charge >= 0.3 is 0 Å². The number of aromatic nitrogens is 6. The Labute approximate surface area is 197 Å². The highest BCUT2D eigenvalue weighted by atomic mass is 16.5. The van der Waals surface area contributed by atoms with Crippen LogP contribution in [0.15, 0.2) is 84.0 Å². The number of fused-ring (bicyclic) bond motifs is 1. The van der Waals surface area contributed by atoms with E-state index >= 15 is 0 Å². The zero-order valence-electron chi connectivity index (χ0n) is 19.0. The summed E-state index contributed by atoms with van der Waals surface area (Å²) in [5.74, 6) is 0.773. The van der Waals surface area contributed by atoms with E-state index in [-0.39, 0.29) is 5.56 Å². The van der Waals surface area contributed by atoms with Crippen molar-refractivity contribution < 1.29 is 4.74 Å². The third-order valence-corrected chi connectivity index (χ3v) is 5.63. The topological polar surface area (TPSA) is 79.2 Å². The van der Waals surface area contributed by atoms with Crippen molar-refractivity contribution in [2.45, 2.75) is 32.9 Å².